The minimum Gasteiger partial charge on any atom is -0.342 e. The van der Waals surface area contributed by atoms with Crippen molar-refractivity contribution in [2.75, 3.05) is 26.7 Å². The summed E-state index contributed by atoms with van der Waals surface area (Å²) in [4.78, 5) is 20.5. The van der Waals surface area contributed by atoms with Crippen LogP contribution in [0.1, 0.15) is 37.7 Å². The second-order valence-corrected chi connectivity index (χ2v) is 5.68. The summed E-state index contributed by atoms with van der Waals surface area (Å²) in [6.07, 6.45) is 9.74. The summed E-state index contributed by atoms with van der Waals surface area (Å²) in [5.41, 5.74) is 1.20. The van der Waals surface area contributed by atoms with Crippen molar-refractivity contribution in [1.82, 2.24) is 14.8 Å². The molecule has 1 aliphatic rings. The Kier molecular flexibility index (Phi) is 5.99. The monoisotopic (exact) mass is 275 g/mol. The number of likely N-dealkylation sites (N-methyl/N-ethyl adjacent to an activating group) is 1. The number of carbonyl (C=O) groups excluding carboxylic acids is 1. The van der Waals surface area contributed by atoms with Crippen molar-refractivity contribution in [3.63, 3.8) is 0 Å². The zero-order valence-corrected chi connectivity index (χ0v) is 12.4. The number of pyridine rings is 1. The van der Waals surface area contributed by atoms with Gasteiger partial charge in [0, 0.05) is 32.0 Å². The van der Waals surface area contributed by atoms with Crippen molar-refractivity contribution in [1.29, 1.82) is 0 Å². The predicted molar refractivity (Wildman–Crippen MR) is 80.2 cm³/mol. The van der Waals surface area contributed by atoms with Gasteiger partial charge in [-0.1, -0.05) is 19.3 Å². The smallest absolute Gasteiger partial charge is 0.236 e. The molecule has 4 heteroatoms. The van der Waals surface area contributed by atoms with E-state index in [1.165, 1.54) is 24.8 Å². The van der Waals surface area contributed by atoms with Crippen LogP contribution < -0.4 is 0 Å². The van der Waals surface area contributed by atoms with Crippen molar-refractivity contribution in [3.8, 4) is 0 Å². The SMILES string of the molecule is CN(CC(=O)N1CCCCCCC1)Cc1ccncc1. The largest absolute Gasteiger partial charge is 0.342 e. The molecule has 1 fully saturated rings. The van der Waals surface area contributed by atoms with E-state index in [0.717, 1.165) is 32.5 Å². The molecule has 2 heterocycles. The molecular formula is C16H25N3O. The molecule has 0 aliphatic carbocycles. The number of aromatic nitrogens is 1. The van der Waals surface area contributed by atoms with Crippen LogP contribution in [0.4, 0.5) is 0 Å². The van der Waals surface area contributed by atoms with Gasteiger partial charge in [0.25, 0.3) is 0 Å². The fourth-order valence-electron chi connectivity index (χ4n) is 2.68. The van der Waals surface area contributed by atoms with Crippen molar-refractivity contribution < 1.29 is 4.79 Å². The summed E-state index contributed by atoms with van der Waals surface area (Å²) in [6, 6.07) is 3.99. The Hall–Kier alpha value is -1.42. The fourth-order valence-corrected chi connectivity index (χ4v) is 2.68. The van der Waals surface area contributed by atoms with E-state index in [2.05, 4.69) is 9.88 Å². The van der Waals surface area contributed by atoms with Crippen LogP contribution in [0.5, 0.6) is 0 Å². The zero-order valence-electron chi connectivity index (χ0n) is 12.4. The number of likely N-dealkylation sites (tertiary alicyclic amines) is 1. The van der Waals surface area contributed by atoms with Crippen LogP contribution in [0.15, 0.2) is 24.5 Å². The summed E-state index contributed by atoms with van der Waals surface area (Å²) in [7, 11) is 2.00. The molecule has 20 heavy (non-hydrogen) atoms. The van der Waals surface area contributed by atoms with Crippen LogP contribution >= 0.6 is 0 Å². The molecule has 1 aliphatic heterocycles. The van der Waals surface area contributed by atoms with Crippen LogP contribution in [-0.2, 0) is 11.3 Å². The van der Waals surface area contributed by atoms with Crippen LogP contribution in [0.3, 0.4) is 0 Å². The van der Waals surface area contributed by atoms with Crippen LogP contribution in [0, 0.1) is 0 Å². The molecule has 1 aromatic heterocycles. The maximum atomic E-state index is 12.3. The highest BCUT2D eigenvalue weighted by Gasteiger charge is 2.16. The summed E-state index contributed by atoms with van der Waals surface area (Å²) >= 11 is 0. The van der Waals surface area contributed by atoms with Gasteiger partial charge in [-0.3, -0.25) is 14.7 Å². The maximum absolute atomic E-state index is 12.3. The highest BCUT2D eigenvalue weighted by Crippen LogP contribution is 2.11. The standard InChI is InChI=1S/C16H25N3O/c1-18(13-15-7-9-17-10-8-15)14-16(20)19-11-5-3-2-4-6-12-19/h7-10H,2-6,11-14H2,1H3. The van der Waals surface area contributed by atoms with Gasteiger partial charge in [-0.05, 0) is 37.6 Å². The summed E-state index contributed by atoms with van der Waals surface area (Å²) in [6.45, 7) is 3.16. The summed E-state index contributed by atoms with van der Waals surface area (Å²) < 4.78 is 0. The Morgan fingerprint density at radius 1 is 1.15 bits per heavy atom. The van der Waals surface area contributed by atoms with E-state index in [1.807, 2.05) is 24.1 Å². The van der Waals surface area contributed by atoms with Crippen LogP contribution in [0.2, 0.25) is 0 Å². The second kappa shape index (κ2) is 8.00. The van der Waals surface area contributed by atoms with E-state index in [4.69, 9.17) is 0 Å². The Labute approximate surface area is 121 Å². The molecule has 0 saturated carbocycles. The highest BCUT2D eigenvalue weighted by atomic mass is 16.2. The van der Waals surface area contributed by atoms with Gasteiger partial charge in [0.05, 0.1) is 6.54 Å². The predicted octanol–water partition coefficient (Wildman–Crippen LogP) is 2.31. The number of carbonyl (C=O) groups is 1. The summed E-state index contributed by atoms with van der Waals surface area (Å²) in [5, 5.41) is 0. The van der Waals surface area contributed by atoms with Crippen molar-refractivity contribution in [2.24, 2.45) is 0 Å². The topological polar surface area (TPSA) is 36.4 Å². The van der Waals surface area contributed by atoms with Crippen LogP contribution in [-0.4, -0.2) is 47.4 Å². The molecule has 0 radical (unpaired) electrons. The maximum Gasteiger partial charge on any atom is 0.236 e. The first-order valence-corrected chi connectivity index (χ1v) is 7.61. The molecule has 110 valence electrons. The third kappa shape index (κ3) is 4.93. The number of hydrogen-bond acceptors (Lipinski definition) is 3. The van der Waals surface area contributed by atoms with Gasteiger partial charge in [0.1, 0.15) is 0 Å². The van der Waals surface area contributed by atoms with Gasteiger partial charge in [0.15, 0.2) is 0 Å². The minimum atomic E-state index is 0.267. The van der Waals surface area contributed by atoms with Gasteiger partial charge >= 0.3 is 0 Å². The lowest BCUT2D eigenvalue weighted by Crippen LogP contribution is -2.40. The first-order chi connectivity index (χ1) is 9.75. The van der Waals surface area contributed by atoms with Gasteiger partial charge in [-0.2, -0.15) is 0 Å². The second-order valence-electron chi connectivity index (χ2n) is 5.68. The normalized spacial score (nSPS) is 16.8. The first-order valence-electron chi connectivity index (χ1n) is 7.61. The Balaban J connectivity index is 1.80. The lowest BCUT2D eigenvalue weighted by molar-refractivity contribution is -0.132. The molecule has 0 atom stereocenters. The highest BCUT2D eigenvalue weighted by molar-refractivity contribution is 5.78. The lowest BCUT2D eigenvalue weighted by atomic mass is 10.1. The molecule has 0 unspecified atom stereocenters. The number of nitrogens with zero attached hydrogens (tertiary/aromatic N) is 3. The Bertz CT molecular complexity index is 399. The molecule has 0 spiro atoms. The van der Waals surface area contributed by atoms with E-state index in [1.54, 1.807) is 12.4 Å². The van der Waals surface area contributed by atoms with Gasteiger partial charge in [0.2, 0.25) is 5.91 Å². The lowest BCUT2D eigenvalue weighted by Gasteiger charge is -2.27. The van der Waals surface area contributed by atoms with Gasteiger partial charge in [-0.15, -0.1) is 0 Å². The minimum absolute atomic E-state index is 0.267. The molecule has 0 aromatic carbocycles. The summed E-state index contributed by atoms with van der Waals surface area (Å²) in [5.74, 6) is 0.267. The average Bonchev–Trinajstić information content (AvgIpc) is 2.38. The van der Waals surface area contributed by atoms with E-state index in [0.29, 0.717) is 6.54 Å². The number of hydrogen-bond donors (Lipinski definition) is 0. The molecule has 2 rings (SSSR count). The third-order valence-electron chi connectivity index (χ3n) is 3.82. The molecule has 0 bridgehead atoms. The first kappa shape index (κ1) is 15.0. The molecule has 1 aromatic rings. The van der Waals surface area contributed by atoms with Crippen molar-refractivity contribution in [3.05, 3.63) is 30.1 Å². The van der Waals surface area contributed by atoms with Crippen molar-refractivity contribution in [2.45, 2.75) is 38.6 Å². The molecular weight excluding hydrogens is 250 g/mol. The van der Waals surface area contributed by atoms with Gasteiger partial charge in [-0.25, -0.2) is 0 Å². The Morgan fingerprint density at radius 2 is 1.75 bits per heavy atom. The van der Waals surface area contributed by atoms with Crippen molar-refractivity contribution >= 4 is 5.91 Å². The third-order valence-corrected chi connectivity index (χ3v) is 3.82. The van der Waals surface area contributed by atoms with E-state index >= 15 is 0 Å². The molecule has 1 amide bonds. The van der Waals surface area contributed by atoms with Crippen LogP contribution in [0.25, 0.3) is 0 Å². The fraction of sp³-hybridized carbons (Fsp3) is 0.625. The molecule has 1 saturated heterocycles. The average molecular weight is 275 g/mol. The van der Waals surface area contributed by atoms with E-state index < -0.39 is 0 Å². The van der Waals surface area contributed by atoms with E-state index in [9.17, 15) is 4.79 Å². The zero-order chi connectivity index (χ0) is 14.2. The number of amides is 1. The molecule has 0 N–H and O–H groups in total. The molecule has 4 nitrogen and oxygen atoms in total. The number of rotatable bonds is 4. The quantitative estimate of drug-likeness (QED) is 0.846. The van der Waals surface area contributed by atoms with E-state index in [-0.39, 0.29) is 5.91 Å². The van der Waals surface area contributed by atoms with Gasteiger partial charge < -0.3 is 4.90 Å². The Morgan fingerprint density at radius 3 is 2.40 bits per heavy atom.